The Morgan fingerprint density at radius 3 is 2.38 bits per heavy atom. The fourth-order valence-corrected chi connectivity index (χ4v) is 1.93. The predicted octanol–water partition coefficient (Wildman–Crippen LogP) is 2.18. The highest BCUT2D eigenvalue weighted by Gasteiger charge is 2.27. The second kappa shape index (κ2) is 7.87. The van der Waals surface area contributed by atoms with Crippen molar-refractivity contribution < 1.29 is 23.5 Å². The average Bonchev–Trinajstić information content (AvgIpc) is 2.59. The van der Waals surface area contributed by atoms with E-state index in [9.17, 15) is 18.8 Å². The average molecular weight is 330 g/mol. The molecule has 0 aliphatic carbocycles. The van der Waals surface area contributed by atoms with E-state index in [0.717, 1.165) is 6.07 Å². The third-order valence-corrected chi connectivity index (χ3v) is 3.09. The highest BCUT2D eigenvalue weighted by molar-refractivity contribution is 5.99. The van der Waals surface area contributed by atoms with Crippen molar-refractivity contribution in [3.63, 3.8) is 0 Å². The normalized spacial score (nSPS) is 11.2. The van der Waals surface area contributed by atoms with E-state index in [-0.39, 0.29) is 5.56 Å². The lowest BCUT2D eigenvalue weighted by atomic mass is 10.1. The van der Waals surface area contributed by atoms with E-state index in [4.69, 9.17) is 4.74 Å². The molecule has 124 valence electrons. The molecule has 0 bridgehead atoms. The van der Waals surface area contributed by atoms with Gasteiger partial charge in [-0.1, -0.05) is 36.4 Å². The molecule has 3 amide bonds. The van der Waals surface area contributed by atoms with Crippen LogP contribution in [0.2, 0.25) is 0 Å². The van der Waals surface area contributed by atoms with E-state index in [1.807, 2.05) is 0 Å². The van der Waals surface area contributed by atoms with Gasteiger partial charge in [0, 0.05) is 12.6 Å². The van der Waals surface area contributed by atoms with Crippen LogP contribution in [-0.4, -0.2) is 25.0 Å². The van der Waals surface area contributed by atoms with Crippen LogP contribution in [0.5, 0.6) is 0 Å². The van der Waals surface area contributed by atoms with Gasteiger partial charge in [-0.25, -0.2) is 14.0 Å². The molecule has 2 aromatic carbocycles. The Balaban J connectivity index is 2.24. The first-order chi connectivity index (χ1) is 11.5. The summed E-state index contributed by atoms with van der Waals surface area (Å²) in [6.07, 6.45) is -1.35. The van der Waals surface area contributed by atoms with Gasteiger partial charge in [-0.3, -0.25) is 10.1 Å². The van der Waals surface area contributed by atoms with Crippen LogP contribution >= 0.6 is 0 Å². The molecule has 0 fully saturated rings. The quantitative estimate of drug-likeness (QED) is 0.842. The van der Waals surface area contributed by atoms with Crippen molar-refractivity contribution >= 4 is 17.9 Å². The van der Waals surface area contributed by atoms with Crippen LogP contribution in [0.15, 0.2) is 54.6 Å². The maximum absolute atomic E-state index is 13.2. The lowest BCUT2D eigenvalue weighted by Gasteiger charge is -2.17. The van der Waals surface area contributed by atoms with Crippen molar-refractivity contribution in [1.82, 2.24) is 10.6 Å². The van der Waals surface area contributed by atoms with Gasteiger partial charge >= 0.3 is 12.0 Å². The lowest BCUT2D eigenvalue weighted by molar-refractivity contribution is -0.129. The van der Waals surface area contributed by atoms with E-state index in [1.165, 1.54) is 25.2 Å². The maximum atomic E-state index is 13.2. The smallest absolute Gasteiger partial charge is 0.339 e. The maximum Gasteiger partial charge on any atom is 0.339 e. The molecule has 24 heavy (non-hydrogen) atoms. The highest BCUT2D eigenvalue weighted by atomic mass is 19.1. The van der Waals surface area contributed by atoms with Crippen LogP contribution in [0.3, 0.4) is 0 Å². The lowest BCUT2D eigenvalue weighted by Crippen LogP contribution is -2.41. The molecule has 6 nitrogen and oxygen atoms in total. The Morgan fingerprint density at radius 2 is 1.75 bits per heavy atom. The first kappa shape index (κ1) is 17.1. The number of carbonyl (C=O) groups excluding carboxylic acids is 3. The molecule has 7 heteroatoms. The number of halogens is 1. The Labute approximate surface area is 137 Å². The standard InChI is InChI=1S/C17H15FN2O4/c1-19-17(23)20-15(21)14(11-6-3-2-4-7-11)24-16(22)12-8-5-9-13(18)10-12/h2-10,14H,1H3,(H2,19,20,21,23)/t14-/m0/s1. The SMILES string of the molecule is CNC(=O)NC(=O)[C@@H](OC(=O)c1cccc(F)c1)c1ccccc1. The number of hydrogen-bond acceptors (Lipinski definition) is 4. The van der Waals surface area contributed by atoms with Crippen LogP contribution in [0.4, 0.5) is 9.18 Å². The minimum atomic E-state index is -1.35. The third-order valence-electron chi connectivity index (χ3n) is 3.09. The summed E-state index contributed by atoms with van der Waals surface area (Å²) in [5.41, 5.74) is 0.340. The molecule has 0 unspecified atom stereocenters. The van der Waals surface area contributed by atoms with E-state index in [1.54, 1.807) is 30.3 Å². The van der Waals surface area contributed by atoms with Gasteiger partial charge in [-0.15, -0.1) is 0 Å². The van der Waals surface area contributed by atoms with Crippen molar-refractivity contribution in [2.24, 2.45) is 0 Å². The fraction of sp³-hybridized carbons (Fsp3) is 0.118. The van der Waals surface area contributed by atoms with Gasteiger partial charge in [0.05, 0.1) is 5.56 Å². The summed E-state index contributed by atoms with van der Waals surface area (Å²) in [6, 6.07) is 12.4. The summed E-state index contributed by atoms with van der Waals surface area (Å²) >= 11 is 0. The van der Waals surface area contributed by atoms with Crippen LogP contribution < -0.4 is 10.6 Å². The number of benzene rings is 2. The minimum Gasteiger partial charge on any atom is -0.444 e. The van der Waals surface area contributed by atoms with Crippen molar-refractivity contribution in [2.45, 2.75) is 6.10 Å². The molecular formula is C17H15FN2O4. The van der Waals surface area contributed by atoms with Gasteiger partial charge in [-0.2, -0.15) is 0 Å². The zero-order valence-corrected chi connectivity index (χ0v) is 12.8. The number of amides is 3. The Kier molecular flexibility index (Phi) is 5.62. The highest BCUT2D eigenvalue weighted by Crippen LogP contribution is 2.20. The molecule has 0 spiro atoms. The van der Waals surface area contributed by atoms with Crippen LogP contribution in [0.1, 0.15) is 22.0 Å². The van der Waals surface area contributed by atoms with Crippen molar-refractivity contribution in [2.75, 3.05) is 7.05 Å². The number of imide groups is 1. The number of ether oxygens (including phenoxy) is 1. The third kappa shape index (κ3) is 4.39. The molecule has 0 heterocycles. The fourth-order valence-electron chi connectivity index (χ4n) is 1.93. The van der Waals surface area contributed by atoms with Gasteiger partial charge < -0.3 is 10.1 Å². The Hall–Kier alpha value is -3.22. The van der Waals surface area contributed by atoms with Gasteiger partial charge in [0.25, 0.3) is 5.91 Å². The zero-order chi connectivity index (χ0) is 17.5. The van der Waals surface area contributed by atoms with Gasteiger partial charge in [0.1, 0.15) is 5.82 Å². The van der Waals surface area contributed by atoms with E-state index >= 15 is 0 Å². The second-order valence-corrected chi connectivity index (χ2v) is 4.77. The molecule has 0 radical (unpaired) electrons. The predicted molar refractivity (Wildman–Crippen MR) is 83.6 cm³/mol. The van der Waals surface area contributed by atoms with Crippen molar-refractivity contribution in [1.29, 1.82) is 0 Å². The molecule has 2 rings (SSSR count). The largest absolute Gasteiger partial charge is 0.444 e. The summed E-state index contributed by atoms with van der Waals surface area (Å²) in [6.45, 7) is 0. The van der Waals surface area contributed by atoms with Crippen molar-refractivity contribution in [3.05, 3.63) is 71.5 Å². The number of carbonyl (C=O) groups is 3. The van der Waals surface area contributed by atoms with Gasteiger partial charge in [-0.05, 0) is 18.2 Å². The number of rotatable bonds is 4. The summed E-state index contributed by atoms with van der Waals surface area (Å²) in [5.74, 6) is -2.30. The first-order valence-corrected chi connectivity index (χ1v) is 7.05. The van der Waals surface area contributed by atoms with Crippen molar-refractivity contribution in [3.8, 4) is 0 Å². The van der Waals surface area contributed by atoms with Crippen LogP contribution in [0.25, 0.3) is 0 Å². The molecule has 0 aliphatic heterocycles. The molecular weight excluding hydrogens is 315 g/mol. The molecule has 0 aliphatic rings. The number of hydrogen-bond donors (Lipinski definition) is 2. The Bertz CT molecular complexity index is 749. The number of nitrogens with one attached hydrogen (secondary N) is 2. The molecule has 2 N–H and O–H groups in total. The molecule has 0 saturated heterocycles. The summed E-state index contributed by atoms with van der Waals surface area (Å²) in [7, 11) is 1.35. The molecule has 0 aromatic heterocycles. The number of esters is 1. The summed E-state index contributed by atoms with van der Waals surface area (Å²) < 4.78 is 18.4. The first-order valence-electron chi connectivity index (χ1n) is 7.05. The van der Waals surface area contributed by atoms with Gasteiger partial charge in [0.15, 0.2) is 0 Å². The monoisotopic (exact) mass is 330 g/mol. The topological polar surface area (TPSA) is 84.5 Å². The Morgan fingerprint density at radius 1 is 1.04 bits per heavy atom. The molecule has 0 saturated carbocycles. The van der Waals surface area contributed by atoms with Gasteiger partial charge in [0.2, 0.25) is 6.10 Å². The molecule has 1 atom stereocenters. The zero-order valence-electron chi connectivity index (χ0n) is 12.8. The van der Waals surface area contributed by atoms with Crippen LogP contribution in [-0.2, 0) is 9.53 Å². The number of urea groups is 1. The summed E-state index contributed by atoms with van der Waals surface area (Å²) in [5, 5.41) is 4.29. The van der Waals surface area contributed by atoms with E-state index in [0.29, 0.717) is 5.56 Å². The second-order valence-electron chi connectivity index (χ2n) is 4.77. The van der Waals surface area contributed by atoms with E-state index < -0.39 is 29.8 Å². The molecule has 2 aromatic rings. The van der Waals surface area contributed by atoms with E-state index in [2.05, 4.69) is 10.6 Å². The van der Waals surface area contributed by atoms with Crippen LogP contribution in [0, 0.1) is 5.82 Å². The minimum absolute atomic E-state index is 0.0383. The summed E-state index contributed by atoms with van der Waals surface area (Å²) in [4.78, 5) is 35.7.